The summed E-state index contributed by atoms with van der Waals surface area (Å²) in [5.74, 6) is 1.21. The second kappa shape index (κ2) is 12.5. The Hall–Kier alpha value is -3.00. The molecule has 0 atom stereocenters. The average molecular weight is 488 g/mol. The fraction of sp³-hybridized carbons (Fsp3) is 0.462. The predicted octanol–water partition coefficient (Wildman–Crippen LogP) is 4.64. The Balaban J connectivity index is 2.18. The third-order valence-corrected chi connectivity index (χ3v) is 6.04. The predicted molar refractivity (Wildman–Crippen MR) is 138 cm³/mol. The van der Waals surface area contributed by atoms with Crippen LogP contribution in [0.4, 0.5) is 4.79 Å². The Morgan fingerprint density at radius 1 is 1.09 bits per heavy atom. The molecule has 0 unspecified atom stereocenters. The third kappa shape index (κ3) is 8.41. The number of hydrogen-bond donors (Lipinski definition) is 1. The van der Waals surface area contributed by atoms with Gasteiger partial charge in [-0.25, -0.2) is 4.79 Å². The zero-order chi connectivity index (χ0) is 25.3. The lowest BCUT2D eigenvalue weighted by Gasteiger charge is -2.30. The Morgan fingerprint density at radius 2 is 1.79 bits per heavy atom. The van der Waals surface area contributed by atoms with Crippen molar-refractivity contribution in [2.75, 3.05) is 33.9 Å². The summed E-state index contributed by atoms with van der Waals surface area (Å²) in [4.78, 5) is 31.7. The molecule has 0 saturated heterocycles. The Kier molecular flexibility index (Phi) is 9.98. The van der Waals surface area contributed by atoms with Crippen LogP contribution >= 0.6 is 11.3 Å². The lowest BCUT2D eigenvalue weighted by Crippen LogP contribution is -2.51. The molecule has 34 heavy (non-hydrogen) atoms. The van der Waals surface area contributed by atoms with Crippen LogP contribution in [-0.4, -0.2) is 61.1 Å². The van der Waals surface area contributed by atoms with Gasteiger partial charge in [0.25, 0.3) is 0 Å². The number of carbonyl (C=O) groups excluding carboxylic acids is 2. The summed E-state index contributed by atoms with van der Waals surface area (Å²) < 4.78 is 10.7. The SMILES string of the molecule is C=CCN(CC(=O)N(CCc1ccc(OC)c(OC)c1)Cc1ccc(C)s1)C(=O)NC(C)(C)C. The normalized spacial score (nSPS) is 11.0. The average Bonchev–Trinajstić information content (AvgIpc) is 3.19. The van der Waals surface area contributed by atoms with Crippen LogP contribution in [0.15, 0.2) is 43.0 Å². The van der Waals surface area contributed by atoms with Crippen molar-refractivity contribution in [2.45, 2.75) is 46.2 Å². The van der Waals surface area contributed by atoms with Gasteiger partial charge in [0.2, 0.25) is 5.91 Å². The Labute approximate surface area is 207 Å². The van der Waals surface area contributed by atoms with E-state index in [4.69, 9.17) is 9.47 Å². The van der Waals surface area contributed by atoms with Crippen molar-refractivity contribution in [1.82, 2.24) is 15.1 Å². The summed E-state index contributed by atoms with van der Waals surface area (Å²) in [5, 5.41) is 2.93. The molecule has 0 aliphatic carbocycles. The van der Waals surface area contributed by atoms with E-state index >= 15 is 0 Å². The van der Waals surface area contributed by atoms with Crippen molar-refractivity contribution in [3.63, 3.8) is 0 Å². The first-order valence-electron chi connectivity index (χ1n) is 11.3. The summed E-state index contributed by atoms with van der Waals surface area (Å²) in [6.45, 7) is 12.8. The molecule has 0 spiro atoms. The highest BCUT2D eigenvalue weighted by Crippen LogP contribution is 2.28. The number of thiophene rings is 1. The van der Waals surface area contributed by atoms with E-state index in [2.05, 4.69) is 18.0 Å². The van der Waals surface area contributed by atoms with E-state index in [9.17, 15) is 9.59 Å². The molecule has 2 aromatic rings. The largest absolute Gasteiger partial charge is 0.493 e. The number of hydrogen-bond acceptors (Lipinski definition) is 5. The molecule has 7 nitrogen and oxygen atoms in total. The quantitative estimate of drug-likeness (QED) is 0.469. The van der Waals surface area contributed by atoms with Gasteiger partial charge in [0.05, 0.1) is 20.8 Å². The van der Waals surface area contributed by atoms with E-state index in [-0.39, 0.29) is 25.0 Å². The van der Waals surface area contributed by atoms with Gasteiger partial charge in [-0.1, -0.05) is 12.1 Å². The number of aryl methyl sites for hydroxylation is 1. The fourth-order valence-corrected chi connectivity index (χ4v) is 4.29. The Bertz CT molecular complexity index is 981. The number of nitrogens with zero attached hydrogens (tertiary/aromatic N) is 2. The van der Waals surface area contributed by atoms with E-state index in [1.54, 1.807) is 31.6 Å². The highest BCUT2D eigenvalue weighted by molar-refractivity contribution is 7.11. The molecule has 0 bridgehead atoms. The van der Waals surface area contributed by atoms with Crippen molar-refractivity contribution >= 4 is 23.3 Å². The molecule has 0 saturated carbocycles. The van der Waals surface area contributed by atoms with Gasteiger partial charge in [-0.05, 0) is 63.9 Å². The van der Waals surface area contributed by atoms with Crippen molar-refractivity contribution in [3.05, 3.63) is 58.3 Å². The maximum Gasteiger partial charge on any atom is 0.318 e. The summed E-state index contributed by atoms with van der Waals surface area (Å²) in [6, 6.07) is 9.58. The highest BCUT2D eigenvalue weighted by Gasteiger charge is 2.24. The van der Waals surface area contributed by atoms with Crippen LogP contribution in [-0.2, 0) is 17.8 Å². The van der Waals surface area contributed by atoms with Gasteiger partial charge >= 0.3 is 6.03 Å². The number of ether oxygens (including phenoxy) is 2. The van der Waals surface area contributed by atoms with E-state index < -0.39 is 5.54 Å². The lowest BCUT2D eigenvalue weighted by atomic mass is 10.1. The first-order chi connectivity index (χ1) is 16.1. The number of rotatable bonds is 11. The minimum atomic E-state index is -0.402. The molecule has 0 aliphatic rings. The van der Waals surface area contributed by atoms with Crippen molar-refractivity contribution in [1.29, 1.82) is 0 Å². The van der Waals surface area contributed by atoms with E-state index in [1.165, 1.54) is 9.78 Å². The van der Waals surface area contributed by atoms with Crippen LogP contribution in [0.25, 0.3) is 0 Å². The van der Waals surface area contributed by atoms with E-state index in [0.29, 0.717) is 31.0 Å². The van der Waals surface area contributed by atoms with Crippen LogP contribution in [0.1, 0.15) is 36.1 Å². The first-order valence-corrected chi connectivity index (χ1v) is 12.1. The van der Waals surface area contributed by atoms with Crippen molar-refractivity contribution in [2.24, 2.45) is 0 Å². The lowest BCUT2D eigenvalue weighted by molar-refractivity contribution is -0.132. The van der Waals surface area contributed by atoms with Crippen molar-refractivity contribution < 1.29 is 19.1 Å². The molecule has 186 valence electrons. The molecule has 1 aromatic heterocycles. The molecule has 2 rings (SSSR count). The van der Waals surface area contributed by atoms with Crippen LogP contribution in [0.3, 0.4) is 0 Å². The number of nitrogens with one attached hydrogen (secondary N) is 1. The monoisotopic (exact) mass is 487 g/mol. The maximum absolute atomic E-state index is 13.4. The topological polar surface area (TPSA) is 71.1 Å². The molecule has 0 radical (unpaired) electrons. The van der Waals surface area contributed by atoms with Gasteiger partial charge < -0.3 is 24.6 Å². The minimum Gasteiger partial charge on any atom is -0.493 e. The van der Waals surface area contributed by atoms with Crippen LogP contribution < -0.4 is 14.8 Å². The zero-order valence-corrected chi connectivity index (χ0v) is 22.0. The molecular formula is C26H37N3O4S. The Morgan fingerprint density at radius 3 is 2.35 bits per heavy atom. The van der Waals surface area contributed by atoms with Crippen LogP contribution in [0, 0.1) is 6.92 Å². The third-order valence-electron chi connectivity index (χ3n) is 5.06. The number of benzene rings is 1. The van der Waals surface area contributed by atoms with Crippen molar-refractivity contribution in [3.8, 4) is 11.5 Å². The fourth-order valence-electron chi connectivity index (χ4n) is 3.39. The summed E-state index contributed by atoms with van der Waals surface area (Å²) in [7, 11) is 3.21. The van der Waals surface area contributed by atoms with Gasteiger partial charge in [-0.15, -0.1) is 17.9 Å². The number of urea groups is 1. The van der Waals surface area contributed by atoms with E-state index in [1.807, 2.05) is 56.9 Å². The van der Waals surface area contributed by atoms with Gasteiger partial charge in [0.15, 0.2) is 11.5 Å². The summed E-state index contributed by atoms with van der Waals surface area (Å²) in [6.07, 6.45) is 2.28. The first kappa shape index (κ1) is 27.2. The second-order valence-electron chi connectivity index (χ2n) is 9.12. The summed E-state index contributed by atoms with van der Waals surface area (Å²) in [5.41, 5.74) is 0.632. The van der Waals surface area contributed by atoms with Gasteiger partial charge in [-0.3, -0.25) is 4.79 Å². The number of carbonyl (C=O) groups is 2. The molecule has 1 heterocycles. The van der Waals surface area contributed by atoms with Crippen LogP contribution in [0.2, 0.25) is 0 Å². The standard InChI is InChI=1S/C26H37N3O4S/c1-8-14-29(25(31)27-26(3,4)5)18-24(30)28(17-21-11-9-19(2)34-21)15-13-20-10-12-22(32-6)23(16-20)33-7/h8-12,16H,1,13-15,17-18H2,2-7H3,(H,27,31). The highest BCUT2D eigenvalue weighted by atomic mass is 32.1. The molecule has 0 aliphatic heterocycles. The van der Waals surface area contributed by atoms with E-state index in [0.717, 1.165) is 10.4 Å². The molecule has 1 aromatic carbocycles. The van der Waals surface area contributed by atoms with Gasteiger partial charge in [0, 0.05) is 28.4 Å². The van der Waals surface area contributed by atoms with Crippen LogP contribution in [0.5, 0.6) is 11.5 Å². The number of methoxy groups -OCH3 is 2. The zero-order valence-electron chi connectivity index (χ0n) is 21.1. The molecule has 8 heteroatoms. The van der Waals surface area contributed by atoms with Gasteiger partial charge in [0.1, 0.15) is 6.54 Å². The van der Waals surface area contributed by atoms with Gasteiger partial charge in [-0.2, -0.15) is 0 Å². The number of amides is 3. The molecule has 1 N–H and O–H groups in total. The smallest absolute Gasteiger partial charge is 0.318 e. The minimum absolute atomic E-state index is 0.0236. The molecule has 3 amide bonds. The molecule has 0 fully saturated rings. The molecular weight excluding hydrogens is 450 g/mol. The maximum atomic E-state index is 13.4. The second-order valence-corrected chi connectivity index (χ2v) is 10.5. The summed E-state index contributed by atoms with van der Waals surface area (Å²) >= 11 is 1.67.